The molecule has 0 bridgehead atoms. The van der Waals surface area contributed by atoms with Crippen LogP contribution >= 0.6 is 0 Å². The summed E-state index contributed by atoms with van der Waals surface area (Å²) >= 11 is 0. The van der Waals surface area contributed by atoms with Crippen molar-refractivity contribution in [3.63, 3.8) is 0 Å². The van der Waals surface area contributed by atoms with Crippen LogP contribution in [-0.2, 0) is 6.54 Å². The Bertz CT molecular complexity index is 1120. The number of furan rings is 1. The number of phenolic OH excluding ortho intramolecular Hbond substituents is 1. The zero-order valence-corrected chi connectivity index (χ0v) is 18.5. The van der Waals surface area contributed by atoms with Gasteiger partial charge >= 0.3 is 0 Å². The molecule has 2 aromatic carbocycles. The van der Waals surface area contributed by atoms with Crippen LogP contribution in [0.15, 0.2) is 59.3 Å². The monoisotopic (exact) mass is 434 g/mol. The van der Waals surface area contributed by atoms with Crippen molar-refractivity contribution in [2.24, 2.45) is 0 Å². The molecule has 1 unspecified atom stereocenters. The molecule has 1 aliphatic heterocycles. The van der Waals surface area contributed by atoms with Crippen molar-refractivity contribution in [2.45, 2.75) is 44.2 Å². The Morgan fingerprint density at radius 2 is 2.00 bits per heavy atom. The molecule has 2 N–H and O–H groups in total. The van der Waals surface area contributed by atoms with Gasteiger partial charge in [-0.3, -0.25) is 0 Å². The van der Waals surface area contributed by atoms with E-state index in [1.54, 1.807) is 13.2 Å². The maximum Gasteiger partial charge on any atom is 0.161 e. The van der Waals surface area contributed by atoms with E-state index in [-0.39, 0.29) is 17.8 Å². The van der Waals surface area contributed by atoms with Gasteiger partial charge in [-0.05, 0) is 67.6 Å². The third kappa shape index (κ3) is 4.22. The average Bonchev–Trinajstić information content (AvgIpc) is 3.45. The topological polar surface area (TPSA) is 67.1 Å². The molecular formula is C26H30N2O4. The molecule has 3 aromatic rings. The van der Waals surface area contributed by atoms with Crippen LogP contribution in [-0.4, -0.2) is 36.3 Å². The molecule has 2 heterocycles. The van der Waals surface area contributed by atoms with E-state index in [9.17, 15) is 5.11 Å². The fourth-order valence-corrected chi connectivity index (χ4v) is 4.71. The Labute approximate surface area is 188 Å². The van der Waals surface area contributed by atoms with Gasteiger partial charge in [0.1, 0.15) is 17.1 Å². The fourth-order valence-electron chi connectivity index (χ4n) is 4.71. The first kappa shape index (κ1) is 20.6. The molecule has 5 rings (SSSR count). The van der Waals surface area contributed by atoms with Crippen LogP contribution in [0.25, 0.3) is 11.0 Å². The summed E-state index contributed by atoms with van der Waals surface area (Å²) in [6.07, 6.45) is 4.73. The normalized spacial score (nSPS) is 19.3. The number of fused-ring (bicyclic) bond motifs is 1. The van der Waals surface area contributed by atoms with Gasteiger partial charge in [-0.2, -0.15) is 0 Å². The highest BCUT2D eigenvalue weighted by atomic mass is 16.5. The smallest absolute Gasteiger partial charge is 0.161 e. The first-order chi connectivity index (χ1) is 15.6. The molecule has 2 aliphatic rings. The van der Waals surface area contributed by atoms with Gasteiger partial charge in [0.05, 0.1) is 25.6 Å². The quantitative estimate of drug-likeness (QED) is 0.561. The Balaban J connectivity index is 1.31. The van der Waals surface area contributed by atoms with Crippen molar-refractivity contribution in [3.05, 3.63) is 66.2 Å². The molecule has 168 valence electrons. The van der Waals surface area contributed by atoms with E-state index in [1.807, 2.05) is 30.3 Å². The molecule has 32 heavy (non-hydrogen) atoms. The van der Waals surface area contributed by atoms with E-state index in [2.05, 4.69) is 22.9 Å². The Morgan fingerprint density at radius 3 is 2.81 bits per heavy atom. The first-order valence-electron chi connectivity index (χ1n) is 11.3. The zero-order valence-electron chi connectivity index (χ0n) is 18.5. The maximum atomic E-state index is 10.3. The van der Waals surface area contributed by atoms with Crippen LogP contribution in [0.1, 0.15) is 42.9 Å². The van der Waals surface area contributed by atoms with E-state index >= 15 is 0 Å². The summed E-state index contributed by atoms with van der Waals surface area (Å²) < 4.78 is 17.5. The number of methoxy groups -OCH3 is 1. The molecule has 1 atom stereocenters. The molecule has 6 heteroatoms. The second-order valence-electron chi connectivity index (χ2n) is 8.77. The fraction of sp³-hybridized carbons (Fsp3) is 0.385. The number of hydrogen-bond acceptors (Lipinski definition) is 6. The van der Waals surface area contributed by atoms with Crippen LogP contribution in [0.2, 0.25) is 0 Å². The average molecular weight is 435 g/mol. The minimum Gasteiger partial charge on any atom is -0.504 e. The third-order valence-electron chi connectivity index (χ3n) is 6.55. The summed E-state index contributed by atoms with van der Waals surface area (Å²) in [6, 6.07) is 13.6. The predicted octanol–water partition coefficient (Wildman–Crippen LogP) is 5.13. The van der Waals surface area contributed by atoms with Crippen LogP contribution in [0.5, 0.6) is 17.2 Å². The Hall–Kier alpha value is -3.28. The van der Waals surface area contributed by atoms with Crippen molar-refractivity contribution in [1.29, 1.82) is 0 Å². The molecule has 0 spiro atoms. The molecule has 0 amide bonds. The predicted molar refractivity (Wildman–Crippen MR) is 124 cm³/mol. The lowest BCUT2D eigenvalue weighted by atomic mass is 9.96. The first-order valence-corrected chi connectivity index (χ1v) is 11.3. The molecule has 1 aromatic heterocycles. The summed E-state index contributed by atoms with van der Waals surface area (Å²) in [5.74, 6) is 3.64. The minimum atomic E-state index is 0.211. The van der Waals surface area contributed by atoms with Crippen LogP contribution in [0.4, 0.5) is 0 Å². The van der Waals surface area contributed by atoms with E-state index in [4.69, 9.17) is 13.9 Å². The van der Waals surface area contributed by atoms with E-state index in [1.165, 1.54) is 12.8 Å². The number of rotatable bonds is 6. The van der Waals surface area contributed by atoms with Gasteiger partial charge in [-0.25, -0.2) is 0 Å². The highest BCUT2D eigenvalue weighted by Crippen LogP contribution is 2.35. The number of phenols is 1. The number of aromatic hydroxyl groups is 1. The number of nitrogens with one attached hydrogen (secondary N) is 1. The summed E-state index contributed by atoms with van der Waals surface area (Å²) in [4.78, 5) is 2.20. The van der Waals surface area contributed by atoms with E-state index in [0.29, 0.717) is 12.3 Å². The SMILES string of the molecule is C=C1NCC(c2ccc(O)c(OC3CCCC3)c2)CN1Cc1cc2cc(OC)ccc2o1. The minimum absolute atomic E-state index is 0.211. The van der Waals surface area contributed by atoms with Crippen LogP contribution < -0.4 is 14.8 Å². The van der Waals surface area contributed by atoms with E-state index in [0.717, 1.165) is 59.8 Å². The van der Waals surface area contributed by atoms with Crippen LogP contribution in [0, 0.1) is 0 Å². The number of nitrogens with zero attached hydrogens (tertiary/aromatic N) is 1. The van der Waals surface area contributed by atoms with Gasteiger partial charge in [0.25, 0.3) is 0 Å². The lowest BCUT2D eigenvalue weighted by Crippen LogP contribution is -2.43. The summed E-state index contributed by atoms with van der Waals surface area (Å²) in [7, 11) is 1.67. The van der Waals surface area contributed by atoms with Crippen molar-refractivity contribution < 1.29 is 19.0 Å². The second-order valence-corrected chi connectivity index (χ2v) is 8.77. The lowest BCUT2D eigenvalue weighted by Gasteiger charge is -2.36. The van der Waals surface area contributed by atoms with Crippen LogP contribution in [0.3, 0.4) is 0 Å². The van der Waals surface area contributed by atoms with Crippen molar-refractivity contribution in [1.82, 2.24) is 10.2 Å². The number of ether oxygens (including phenoxy) is 2. The molecule has 1 aliphatic carbocycles. The number of hydrogen-bond donors (Lipinski definition) is 2. The van der Waals surface area contributed by atoms with Crippen molar-refractivity contribution in [2.75, 3.05) is 20.2 Å². The molecule has 0 radical (unpaired) electrons. The van der Waals surface area contributed by atoms with Crippen molar-refractivity contribution >= 4 is 11.0 Å². The third-order valence-corrected chi connectivity index (χ3v) is 6.55. The van der Waals surface area contributed by atoms with Gasteiger partial charge in [0, 0.05) is 24.4 Å². The molecule has 2 fully saturated rings. The summed E-state index contributed by atoms with van der Waals surface area (Å²) in [5, 5.41) is 14.8. The molecule has 1 saturated carbocycles. The summed E-state index contributed by atoms with van der Waals surface area (Å²) in [6.45, 7) is 6.41. The van der Waals surface area contributed by atoms with Gasteiger partial charge in [0.15, 0.2) is 11.5 Å². The van der Waals surface area contributed by atoms with E-state index < -0.39 is 0 Å². The van der Waals surface area contributed by atoms with Gasteiger partial charge in [0.2, 0.25) is 0 Å². The summed E-state index contributed by atoms with van der Waals surface area (Å²) in [5.41, 5.74) is 2.00. The molecule has 6 nitrogen and oxygen atoms in total. The highest BCUT2D eigenvalue weighted by Gasteiger charge is 2.25. The van der Waals surface area contributed by atoms with Gasteiger partial charge < -0.3 is 29.2 Å². The number of benzene rings is 2. The Morgan fingerprint density at radius 1 is 1.16 bits per heavy atom. The Kier molecular flexibility index (Phi) is 5.60. The largest absolute Gasteiger partial charge is 0.504 e. The van der Waals surface area contributed by atoms with Gasteiger partial charge in [-0.15, -0.1) is 0 Å². The zero-order chi connectivity index (χ0) is 22.1. The van der Waals surface area contributed by atoms with Crippen molar-refractivity contribution in [3.8, 4) is 17.2 Å². The standard InChI is InChI=1S/C26H30N2O4/c1-17-27-14-20(18-7-9-24(29)26(13-18)31-21-5-3-4-6-21)15-28(17)16-23-12-19-11-22(30-2)8-10-25(19)32-23/h7-13,20-21,27,29H,1,3-6,14-16H2,2H3. The maximum absolute atomic E-state index is 10.3. The van der Waals surface area contributed by atoms with Gasteiger partial charge in [-0.1, -0.05) is 12.6 Å². The lowest BCUT2D eigenvalue weighted by molar-refractivity contribution is 0.201. The molecular weight excluding hydrogens is 404 g/mol. The highest BCUT2D eigenvalue weighted by molar-refractivity contribution is 5.79. The molecule has 1 saturated heterocycles. The second kappa shape index (κ2) is 8.69.